The molecular formula is C11H13ClO3. The summed E-state index contributed by atoms with van der Waals surface area (Å²) in [5, 5.41) is 10.2. The zero-order valence-electron chi connectivity index (χ0n) is 8.61. The second-order valence-electron chi connectivity index (χ2n) is 3.44. The molecule has 0 amide bonds. The number of benzene rings is 1. The first kappa shape index (κ1) is 12.0. The standard InChI is InChI=1S/C11H13ClO3/c1-7(2)15-11(14)10(13)8-3-5-9(12)6-4-8/h3-7,10,13H,1-2H3/t10-/m1/s1. The van der Waals surface area contributed by atoms with Gasteiger partial charge in [0.1, 0.15) is 0 Å². The van der Waals surface area contributed by atoms with Gasteiger partial charge < -0.3 is 9.84 Å². The molecule has 1 aromatic rings. The van der Waals surface area contributed by atoms with Crippen molar-refractivity contribution >= 4 is 17.6 Å². The number of rotatable bonds is 3. The Hall–Kier alpha value is -1.06. The van der Waals surface area contributed by atoms with Crippen molar-refractivity contribution in [1.29, 1.82) is 0 Å². The number of carbonyl (C=O) groups is 1. The smallest absolute Gasteiger partial charge is 0.339 e. The Labute approximate surface area is 93.6 Å². The molecule has 0 fully saturated rings. The van der Waals surface area contributed by atoms with Gasteiger partial charge in [0, 0.05) is 5.02 Å². The van der Waals surface area contributed by atoms with Gasteiger partial charge in [0.2, 0.25) is 0 Å². The summed E-state index contributed by atoms with van der Waals surface area (Å²) in [6, 6.07) is 6.41. The quantitative estimate of drug-likeness (QED) is 0.808. The van der Waals surface area contributed by atoms with Crippen LogP contribution >= 0.6 is 11.6 Å². The van der Waals surface area contributed by atoms with Gasteiger partial charge in [0.15, 0.2) is 6.10 Å². The fourth-order valence-electron chi connectivity index (χ4n) is 1.08. The van der Waals surface area contributed by atoms with Gasteiger partial charge in [-0.25, -0.2) is 4.79 Å². The van der Waals surface area contributed by atoms with Crippen LogP contribution < -0.4 is 0 Å². The van der Waals surface area contributed by atoms with E-state index in [2.05, 4.69) is 0 Å². The average molecular weight is 229 g/mol. The summed E-state index contributed by atoms with van der Waals surface area (Å²) in [4.78, 5) is 11.3. The normalized spacial score (nSPS) is 12.6. The van der Waals surface area contributed by atoms with Crippen LogP contribution in [0.2, 0.25) is 5.02 Å². The highest BCUT2D eigenvalue weighted by Crippen LogP contribution is 2.17. The molecule has 1 N–H and O–H groups in total. The minimum Gasteiger partial charge on any atom is -0.461 e. The van der Waals surface area contributed by atoms with Crippen molar-refractivity contribution in [3.8, 4) is 0 Å². The fourth-order valence-corrected chi connectivity index (χ4v) is 1.20. The Balaban J connectivity index is 2.71. The van der Waals surface area contributed by atoms with Crippen LogP contribution in [0.4, 0.5) is 0 Å². The Morgan fingerprint density at radius 2 is 1.87 bits per heavy atom. The van der Waals surface area contributed by atoms with Gasteiger partial charge in [0.25, 0.3) is 0 Å². The van der Waals surface area contributed by atoms with E-state index < -0.39 is 12.1 Å². The molecule has 0 unspecified atom stereocenters. The van der Waals surface area contributed by atoms with Crippen LogP contribution in [0, 0.1) is 0 Å². The van der Waals surface area contributed by atoms with E-state index in [0.717, 1.165) is 0 Å². The van der Waals surface area contributed by atoms with Crippen molar-refractivity contribution in [3.63, 3.8) is 0 Å². The molecule has 0 saturated carbocycles. The summed E-state index contributed by atoms with van der Waals surface area (Å²) < 4.78 is 4.87. The van der Waals surface area contributed by atoms with Crippen LogP contribution in [0.15, 0.2) is 24.3 Å². The summed E-state index contributed by atoms with van der Waals surface area (Å²) in [5.41, 5.74) is 0.477. The largest absolute Gasteiger partial charge is 0.461 e. The second-order valence-corrected chi connectivity index (χ2v) is 3.88. The van der Waals surface area contributed by atoms with Crippen molar-refractivity contribution in [2.45, 2.75) is 26.1 Å². The summed E-state index contributed by atoms with van der Waals surface area (Å²) in [7, 11) is 0. The van der Waals surface area contributed by atoms with Crippen LogP contribution in [0.1, 0.15) is 25.5 Å². The number of ether oxygens (including phenoxy) is 1. The maximum atomic E-state index is 11.3. The van der Waals surface area contributed by atoms with Crippen molar-refractivity contribution in [1.82, 2.24) is 0 Å². The fraction of sp³-hybridized carbons (Fsp3) is 0.364. The van der Waals surface area contributed by atoms with Gasteiger partial charge in [-0.3, -0.25) is 0 Å². The highest BCUT2D eigenvalue weighted by Gasteiger charge is 2.19. The van der Waals surface area contributed by atoms with E-state index in [1.807, 2.05) is 0 Å². The van der Waals surface area contributed by atoms with E-state index in [9.17, 15) is 9.90 Å². The molecule has 0 saturated heterocycles. The average Bonchev–Trinajstić information content (AvgIpc) is 2.17. The summed E-state index contributed by atoms with van der Waals surface area (Å²) in [6.45, 7) is 3.46. The van der Waals surface area contributed by atoms with Crippen LogP contribution in [-0.2, 0) is 9.53 Å². The molecule has 15 heavy (non-hydrogen) atoms. The van der Waals surface area contributed by atoms with Gasteiger partial charge in [0.05, 0.1) is 6.10 Å². The highest BCUT2D eigenvalue weighted by molar-refractivity contribution is 6.30. The Morgan fingerprint density at radius 3 is 2.33 bits per heavy atom. The molecule has 4 heteroatoms. The van der Waals surface area contributed by atoms with E-state index in [-0.39, 0.29) is 6.10 Å². The minimum absolute atomic E-state index is 0.237. The number of esters is 1. The molecule has 1 aromatic carbocycles. The highest BCUT2D eigenvalue weighted by atomic mass is 35.5. The van der Waals surface area contributed by atoms with Crippen LogP contribution in [-0.4, -0.2) is 17.2 Å². The molecule has 0 radical (unpaired) electrons. The van der Waals surface area contributed by atoms with Gasteiger partial charge in [-0.05, 0) is 31.5 Å². The third-order valence-electron chi connectivity index (χ3n) is 1.76. The molecule has 0 spiro atoms. The Kier molecular flexibility index (Phi) is 4.12. The minimum atomic E-state index is -1.25. The maximum absolute atomic E-state index is 11.3. The number of hydrogen-bond acceptors (Lipinski definition) is 3. The first-order valence-corrected chi connectivity index (χ1v) is 5.02. The van der Waals surface area contributed by atoms with Gasteiger partial charge in [-0.1, -0.05) is 23.7 Å². The molecule has 1 atom stereocenters. The number of carbonyl (C=O) groups excluding carboxylic acids is 1. The van der Waals surface area contributed by atoms with E-state index in [4.69, 9.17) is 16.3 Å². The third kappa shape index (κ3) is 3.53. The van der Waals surface area contributed by atoms with E-state index in [1.165, 1.54) is 0 Å². The molecule has 0 aliphatic rings. The number of aliphatic hydroxyl groups is 1. The molecule has 3 nitrogen and oxygen atoms in total. The van der Waals surface area contributed by atoms with Gasteiger partial charge in [-0.2, -0.15) is 0 Å². The molecule has 0 heterocycles. The first-order chi connectivity index (χ1) is 7.00. The number of halogens is 1. The molecular weight excluding hydrogens is 216 g/mol. The van der Waals surface area contributed by atoms with E-state index in [0.29, 0.717) is 10.6 Å². The molecule has 0 bridgehead atoms. The molecule has 0 aromatic heterocycles. The second kappa shape index (κ2) is 5.14. The van der Waals surface area contributed by atoms with Crippen molar-refractivity contribution in [2.75, 3.05) is 0 Å². The van der Waals surface area contributed by atoms with Crippen molar-refractivity contribution in [3.05, 3.63) is 34.9 Å². The van der Waals surface area contributed by atoms with Crippen LogP contribution in [0.5, 0.6) is 0 Å². The number of hydrogen-bond donors (Lipinski definition) is 1. The lowest BCUT2D eigenvalue weighted by atomic mass is 10.1. The van der Waals surface area contributed by atoms with Crippen molar-refractivity contribution < 1.29 is 14.6 Å². The van der Waals surface area contributed by atoms with Crippen molar-refractivity contribution in [2.24, 2.45) is 0 Å². The first-order valence-electron chi connectivity index (χ1n) is 4.64. The molecule has 0 aliphatic heterocycles. The van der Waals surface area contributed by atoms with Gasteiger partial charge >= 0.3 is 5.97 Å². The van der Waals surface area contributed by atoms with Crippen LogP contribution in [0.3, 0.4) is 0 Å². The lowest BCUT2D eigenvalue weighted by Gasteiger charge is -2.13. The van der Waals surface area contributed by atoms with Gasteiger partial charge in [-0.15, -0.1) is 0 Å². The lowest BCUT2D eigenvalue weighted by Crippen LogP contribution is -2.19. The monoisotopic (exact) mass is 228 g/mol. The van der Waals surface area contributed by atoms with E-state index >= 15 is 0 Å². The topological polar surface area (TPSA) is 46.5 Å². The lowest BCUT2D eigenvalue weighted by molar-refractivity contribution is -0.157. The molecule has 82 valence electrons. The maximum Gasteiger partial charge on any atom is 0.339 e. The number of aliphatic hydroxyl groups excluding tert-OH is 1. The summed E-state index contributed by atoms with van der Waals surface area (Å²) >= 11 is 5.68. The Morgan fingerprint density at radius 1 is 1.33 bits per heavy atom. The summed E-state index contributed by atoms with van der Waals surface area (Å²) in [6.07, 6.45) is -1.48. The Bertz CT molecular complexity index is 332. The zero-order chi connectivity index (χ0) is 11.4. The zero-order valence-corrected chi connectivity index (χ0v) is 9.36. The van der Waals surface area contributed by atoms with E-state index in [1.54, 1.807) is 38.1 Å². The molecule has 0 aliphatic carbocycles. The summed E-state index contributed by atoms with van der Waals surface area (Å²) in [5.74, 6) is -0.646. The molecule has 1 rings (SSSR count). The predicted octanol–water partition coefficient (Wildman–Crippen LogP) is 2.33. The predicted molar refractivity (Wildman–Crippen MR) is 57.6 cm³/mol. The SMILES string of the molecule is CC(C)OC(=O)[C@H](O)c1ccc(Cl)cc1. The van der Waals surface area contributed by atoms with Crippen LogP contribution in [0.25, 0.3) is 0 Å². The third-order valence-corrected chi connectivity index (χ3v) is 2.01.